The van der Waals surface area contributed by atoms with E-state index >= 15 is 0 Å². The monoisotopic (exact) mass is 208 g/mol. The van der Waals surface area contributed by atoms with Gasteiger partial charge in [-0.25, -0.2) is 4.98 Å². The fraction of sp³-hybridized carbons (Fsp3) is 0.583. The van der Waals surface area contributed by atoms with Crippen LogP contribution in [-0.2, 0) is 6.54 Å². The fourth-order valence-electron chi connectivity index (χ4n) is 1.42. The number of nitrogens with two attached hydrogens (primary N) is 1. The van der Waals surface area contributed by atoms with E-state index in [1.54, 1.807) is 6.20 Å². The molecule has 0 saturated carbocycles. The summed E-state index contributed by atoms with van der Waals surface area (Å²) in [4.78, 5) is 4.18. The first-order valence-electron chi connectivity index (χ1n) is 5.54. The molecule has 1 atom stereocenters. The molecule has 0 aliphatic carbocycles. The summed E-state index contributed by atoms with van der Waals surface area (Å²) in [6.45, 7) is 5.64. The van der Waals surface area contributed by atoms with Crippen LogP contribution in [0.25, 0.3) is 0 Å². The van der Waals surface area contributed by atoms with E-state index in [4.69, 9.17) is 10.5 Å². The molecule has 0 bridgehead atoms. The second-order valence-corrected chi connectivity index (χ2v) is 3.91. The highest BCUT2D eigenvalue weighted by atomic mass is 16.5. The molecule has 0 amide bonds. The Labute approximate surface area is 91.7 Å². The van der Waals surface area contributed by atoms with Crippen molar-refractivity contribution in [3.05, 3.63) is 23.9 Å². The van der Waals surface area contributed by atoms with Crippen LogP contribution in [0.5, 0.6) is 5.88 Å². The lowest BCUT2D eigenvalue weighted by Crippen LogP contribution is -2.09. The molecule has 1 aromatic rings. The van der Waals surface area contributed by atoms with Gasteiger partial charge in [-0.15, -0.1) is 0 Å². The topological polar surface area (TPSA) is 48.1 Å². The second kappa shape index (κ2) is 6.40. The van der Waals surface area contributed by atoms with Gasteiger partial charge in [-0.05, 0) is 17.9 Å². The zero-order chi connectivity index (χ0) is 11.1. The molecule has 3 heteroatoms. The summed E-state index contributed by atoms with van der Waals surface area (Å²) in [5.74, 6) is 1.28. The van der Waals surface area contributed by atoms with Crippen LogP contribution in [0.4, 0.5) is 0 Å². The minimum atomic E-state index is 0.527. The predicted molar refractivity (Wildman–Crippen MR) is 61.7 cm³/mol. The zero-order valence-corrected chi connectivity index (χ0v) is 9.57. The number of rotatable bonds is 6. The molecule has 2 N–H and O–H groups in total. The summed E-state index contributed by atoms with van der Waals surface area (Å²) in [7, 11) is 0. The summed E-state index contributed by atoms with van der Waals surface area (Å²) in [5, 5.41) is 0. The van der Waals surface area contributed by atoms with Crippen molar-refractivity contribution in [2.45, 2.75) is 33.2 Å². The molecule has 1 heterocycles. The Morgan fingerprint density at radius 2 is 2.27 bits per heavy atom. The molecule has 0 saturated heterocycles. The molecule has 0 radical (unpaired) electrons. The Bertz CT molecular complexity index is 271. The van der Waals surface area contributed by atoms with Crippen molar-refractivity contribution < 1.29 is 4.74 Å². The molecule has 1 unspecified atom stereocenters. The molecule has 0 aromatic carbocycles. The first kappa shape index (κ1) is 12.0. The van der Waals surface area contributed by atoms with E-state index < -0.39 is 0 Å². The molecule has 15 heavy (non-hydrogen) atoms. The Hall–Kier alpha value is -1.09. The van der Waals surface area contributed by atoms with Gasteiger partial charge in [-0.1, -0.05) is 26.3 Å². The molecule has 84 valence electrons. The third-order valence-electron chi connectivity index (χ3n) is 2.33. The first-order chi connectivity index (χ1) is 7.26. The van der Waals surface area contributed by atoms with Crippen LogP contribution in [-0.4, -0.2) is 11.6 Å². The Morgan fingerprint density at radius 3 is 2.80 bits per heavy atom. The Morgan fingerprint density at radius 1 is 1.47 bits per heavy atom. The molecule has 0 fully saturated rings. The van der Waals surface area contributed by atoms with E-state index in [0.29, 0.717) is 18.3 Å². The summed E-state index contributed by atoms with van der Waals surface area (Å²) in [6, 6.07) is 3.83. The van der Waals surface area contributed by atoms with Gasteiger partial charge in [0.2, 0.25) is 5.88 Å². The summed E-state index contributed by atoms with van der Waals surface area (Å²) < 4.78 is 5.57. The first-order valence-corrected chi connectivity index (χ1v) is 5.54. The number of hydrogen-bond donors (Lipinski definition) is 1. The minimum absolute atomic E-state index is 0.527. The number of aromatic nitrogens is 1. The SMILES string of the molecule is CCCC(C)COc1ccc(CN)cn1. The Kier molecular flexibility index (Phi) is 5.12. The maximum absolute atomic E-state index is 5.57. The maximum atomic E-state index is 5.57. The molecule has 0 spiro atoms. The summed E-state index contributed by atoms with van der Waals surface area (Å²) in [5.41, 5.74) is 6.51. The van der Waals surface area contributed by atoms with Gasteiger partial charge in [0.1, 0.15) is 0 Å². The average molecular weight is 208 g/mol. The number of hydrogen-bond acceptors (Lipinski definition) is 3. The largest absolute Gasteiger partial charge is 0.477 e. The van der Waals surface area contributed by atoms with Crippen molar-refractivity contribution in [1.29, 1.82) is 0 Å². The van der Waals surface area contributed by atoms with Gasteiger partial charge in [0.05, 0.1) is 6.61 Å². The molecule has 3 nitrogen and oxygen atoms in total. The van der Waals surface area contributed by atoms with Crippen LogP contribution in [0.15, 0.2) is 18.3 Å². The van der Waals surface area contributed by atoms with Crippen LogP contribution in [0.3, 0.4) is 0 Å². The van der Waals surface area contributed by atoms with Crippen molar-refractivity contribution in [3.63, 3.8) is 0 Å². The van der Waals surface area contributed by atoms with Gasteiger partial charge in [0, 0.05) is 18.8 Å². The van der Waals surface area contributed by atoms with E-state index in [0.717, 1.165) is 12.2 Å². The van der Waals surface area contributed by atoms with Gasteiger partial charge in [0.25, 0.3) is 0 Å². The lowest BCUT2D eigenvalue weighted by molar-refractivity contribution is 0.243. The summed E-state index contributed by atoms with van der Waals surface area (Å²) >= 11 is 0. The van der Waals surface area contributed by atoms with Crippen molar-refractivity contribution >= 4 is 0 Å². The van der Waals surface area contributed by atoms with E-state index in [9.17, 15) is 0 Å². The number of ether oxygens (including phenoxy) is 1. The van der Waals surface area contributed by atoms with E-state index in [1.165, 1.54) is 12.8 Å². The zero-order valence-electron chi connectivity index (χ0n) is 9.57. The lowest BCUT2D eigenvalue weighted by atomic mass is 10.1. The van der Waals surface area contributed by atoms with Gasteiger partial charge in [0.15, 0.2) is 0 Å². The molecule has 1 rings (SSSR count). The molecule has 0 aliphatic rings. The predicted octanol–water partition coefficient (Wildman–Crippen LogP) is 2.36. The van der Waals surface area contributed by atoms with Crippen molar-refractivity contribution in [3.8, 4) is 5.88 Å². The van der Waals surface area contributed by atoms with Gasteiger partial charge < -0.3 is 10.5 Å². The van der Waals surface area contributed by atoms with Crippen LogP contribution in [0.2, 0.25) is 0 Å². The van der Waals surface area contributed by atoms with E-state index in [-0.39, 0.29) is 0 Å². The van der Waals surface area contributed by atoms with Gasteiger partial charge in [-0.3, -0.25) is 0 Å². The second-order valence-electron chi connectivity index (χ2n) is 3.91. The van der Waals surface area contributed by atoms with E-state index in [1.807, 2.05) is 12.1 Å². The van der Waals surface area contributed by atoms with E-state index in [2.05, 4.69) is 18.8 Å². The molecule has 1 aromatic heterocycles. The smallest absolute Gasteiger partial charge is 0.213 e. The fourth-order valence-corrected chi connectivity index (χ4v) is 1.42. The number of nitrogens with zero attached hydrogens (tertiary/aromatic N) is 1. The molecular weight excluding hydrogens is 188 g/mol. The summed E-state index contributed by atoms with van der Waals surface area (Å²) in [6.07, 6.45) is 4.16. The molecule has 0 aliphatic heterocycles. The maximum Gasteiger partial charge on any atom is 0.213 e. The van der Waals surface area contributed by atoms with Gasteiger partial charge >= 0.3 is 0 Å². The van der Waals surface area contributed by atoms with Crippen LogP contribution >= 0.6 is 0 Å². The van der Waals surface area contributed by atoms with Crippen LogP contribution in [0.1, 0.15) is 32.3 Å². The third kappa shape index (κ3) is 4.30. The third-order valence-corrected chi connectivity index (χ3v) is 2.33. The van der Waals surface area contributed by atoms with Crippen molar-refractivity contribution in [2.24, 2.45) is 11.7 Å². The van der Waals surface area contributed by atoms with Crippen LogP contribution < -0.4 is 10.5 Å². The average Bonchev–Trinajstić information content (AvgIpc) is 2.27. The standard InChI is InChI=1S/C12H20N2O/c1-3-4-10(2)9-15-12-6-5-11(7-13)8-14-12/h5-6,8,10H,3-4,7,9,13H2,1-2H3. The highest BCUT2D eigenvalue weighted by molar-refractivity contribution is 5.17. The molecular formula is C12H20N2O. The Balaban J connectivity index is 2.37. The normalized spacial score (nSPS) is 12.5. The lowest BCUT2D eigenvalue weighted by Gasteiger charge is -2.11. The van der Waals surface area contributed by atoms with Crippen molar-refractivity contribution in [2.75, 3.05) is 6.61 Å². The minimum Gasteiger partial charge on any atom is -0.477 e. The van der Waals surface area contributed by atoms with Gasteiger partial charge in [-0.2, -0.15) is 0 Å². The highest BCUT2D eigenvalue weighted by Crippen LogP contribution is 2.11. The quantitative estimate of drug-likeness (QED) is 0.780. The van der Waals surface area contributed by atoms with Crippen molar-refractivity contribution in [1.82, 2.24) is 4.98 Å². The highest BCUT2D eigenvalue weighted by Gasteiger charge is 2.02. The van der Waals surface area contributed by atoms with Crippen LogP contribution in [0, 0.1) is 5.92 Å². The number of pyridine rings is 1.